The smallest absolute Gasteiger partial charge is 0.338 e. The average molecular weight is 340 g/mol. The van der Waals surface area contributed by atoms with E-state index in [0.29, 0.717) is 5.69 Å². The number of hydrogen-bond acceptors (Lipinski definition) is 6. The number of rotatable bonds is 5. The van der Waals surface area contributed by atoms with E-state index in [1.54, 1.807) is 0 Å². The highest BCUT2D eigenvalue weighted by Crippen LogP contribution is 2.23. The van der Waals surface area contributed by atoms with Crippen LogP contribution < -0.4 is 0 Å². The average Bonchev–Trinajstić information content (AvgIpc) is 3.09. The molecule has 0 saturated heterocycles. The minimum absolute atomic E-state index is 0.0187. The Morgan fingerprint density at radius 1 is 1.17 bits per heavy atom. The van der Waals surface area contributed by atoms with Gasteiger partial charge in [-0.1, -0.05) is 36.4 Å². The van der Waals surface area contributed by atoms with Crippen molar-refractivity contribution < 1.29 is 14.5 Å². The van der Waals surface area contributed by atoms with Gasteiger partial charge in [-0.2, -0.15) is 0 Å². The molecule has 0 amide bonds. The van der Waals surface area contributed by atoms with Crippen molar-refractivity contribution in [3.8, 4) is 10.6 Å². The van der Waals surface area contributed by atoms with E-state index in [9.17, 15) is 14.9 Å². The first-order valence-corrected chi connectivity index (χ1v) is 7.93. The molecule has 0 saturated carbocycles. The van der Waals surface area contributed by atoms with Crippen molar-refractivity contribution in [1.82, 2.24) is 4.98 Å². The number of benzene rings is 2. The standard InChI is InChI=1S/C17H12N2O4S/c20-17(13-7-4-8-15(9-13)19(21)22)23-10-14-11-24-16(18-14)12-5-2-1-3-6-12/h1-9,11H,10H2. The summed E-state index contributed by atoms with van der Waals surface area (Å²) in [6, 6.07) is 15.1. The van der Waals surface area contributed by atoms with Crippen LogP contribution in [0.25, 0.3) is 10.6 Å². The highest BCUT2D eigenvalue weighted by molar-refractivity contribution is 7.13. The summed E-state index contributed by atoms with van der Waals surface area (Å²) in [7, 11) is 0. The number of hydrogen-bond donors (Lipinski definition) is 0. The third kappa shape index (κ3) is 3.64. The Kier molecular flexibility index (Phi) is 4.62. The molecule has 0 unspecified atom stereocenters. The fourth-order valence-electron chi connectivity index (χ4n) is 2.06. The third-order valence-electron chi connectivity index (χ3n) is 3.22. The summed E-state index contributed by atoms with van der Waals surface area (Å²) in [5.41, 5.74) is 1.63. The van der Waals surface area contributed by atoms with Crippen LogP contribution in [0.2, 0.25) is 0 Å². The van der Waals surface area contributed by atoms with Crippen molar-refractivity contribution in [2.75, 3.05) is 0 Å². The number of thiazole rings is 1. The number of esters is 1. The molecule has 1 aromatic heterocycles. The van der Waals surface area contributed by atoms with Gasteiger partial charge in [-0.05, 0) is 6.07 Å². The van der Waals surface area contributed by atoms with Gasteiger partial charge in [0.1, 0.15) is 11.6 Å². The van der Waals surface area contributed by atoms with Crippen molar-refractivity contribution in [3.05, 3.63) is 81.3 Å². The quantitative estimate of drug-likeness (QED) is 0.397. The zero-order valence-corrected chi connectivity index (χ0v) is 13.2. The van der Waals surface area contributed by atoms with Gasteiger partial charge in [0.2, 0.25) is 0 Å². The van der Waals surface area contributed by atoms with E-state index in [4.69, 9.17) is 4.74 Å². The fraction of sp³-hybridized carbons (Fsp3) is 0.0588. The number of carbonyl (C=O) groups is 1. The van der Waals surface area contributed by atoms with Gasteiger partial charge >= 0.3 is 5.97 Å². The van der Waals surface area contributed by atoms with Crippen molar-refractivity contribution in [1.29, 1.82) is 0 Å². The zero-order chi connectivity index (χ0) is 16.9. The van der Waals surface area contributed by atoms with Crippen molar-refractivity contribution in [2.24, 2.45) is 0 Å². The molecule has 1 heterocycles. The van der Waals surface area contributed by atoms with Gasteiger partial charge in [0.25, 0.3) is 5.69 Å². The normalized spacial score (nSPS) is 10.3. The molecule has 0 spiro atoms. The summed E-state index contributed by atoms with van der Waals surface area (Å²) in [4.78, 5) is 26.6. The van der Waals surface area contributed by atoms with Gasteiger partial charge < -0.3 is 4.74 Å². The molecule has 0 N–H and O–H groups in total. The van der Waals surface area contributed by atoms with E-state index in [1.807, 2.05) is 35.7 Å². The van der Waals surface area contributed by atoms with Crippen LogP contribution in [0.5, 0.6) is 0 Å². The highest BCUT2D eigenvalue weighted by atomic mass is 32.1. The summed E-state index contributed by atoms with van der Waals surface area (Å²) >= 11 is 1.46. The number of nitro benzene ring substituents is 1. The van der Waals surface area contributed by atoms with Crippen LogP contribution >= 0.6 is 11.3 Å². The molecule has 0 aliphatic rings. The number of aromatic nitrogens is 1. The Balaban J connectivity index is 1.66. The molecule has 24 heavy (non-hydrogen) atoms. The van der Waals surface area contributed by atoms with Gasteiger partial charge in [0, 0.05) is 23.1 Å². The van der Waals surface area contributed by atoms with E-state index in [1.165, 1.54) is 35.6 Å². The number of carbonyl (C=O) groups excluding carboxylic acids is 1. The zero-order valence-electron chi connectivity index (χ0n) is 12.4. The molecule has 0 aliphatic carbocycles. The summed E-state index contributed by atoms with van der Waals surface area (Å²) < 4.78 is 5.18. The van der Waals surface area contributed by atoms with Crippen molar-refractivity contribution >= 4 is 23.0 Å². The molecule has 3 rings (SSSR count). The van der Waals surface area contributed by atoms with Crippen LogP contribution in [0.4, 0.5) is 5.69 Å². The first-order valence-electron chi connectivity index (χ1n) is 7.05. The number of ether oxygens (including phenoxy) is 1. The Bertz CT molecular complexity index is 877. The second-order valence-electron chi connectivity index (χ2n) is 4.89. The predicted octanol–water partition coefficient (Wildman–Crippen LogP) is 4.08. The van der Waals surface area contributed by atoms with Crippen LogP contribution in [0.3, 0.4) is 0 Å². The minimum atomic E-state index is -0.618. The minimum Gasteiger partial charge on any atom is -0.456 e. The van der Waals surface area contributed by atoms with Gasteiger partial charge in [-0.15, -0.1) is 11.3 Å². The topological polar surface area (TPSA) is 82.3 Å². The molecule has 0 bridgehead atoms. The summed E-state index contributed by atoms with van der Waals surface area (Å²) in [6.45, 7) is 0.0187. The lowest BCUT2D eigenvalue weighted by Crippen LogP contribution is -2.06. The number of nitro groups is 1. The fourth-order valence-corrected chi connectivity index (χ4v) is 2.87. The van der Waals surface area contributed by atoms with Crippen LogP contribution in [-0.2, 0) is 11.3 Å². The maximum Gasteiger partial charge on any atom is 0.338 e. The molecule has 7 heteroatoms. The van der Waals surface area contributed by atoms with Crippen LogP contribution in [0, 0.1) is 10.1 Å². The Hall–Kier alpha value is -3.06. The molecule has 6 nitrogen and oxygen atoms in total. The van der Waals surface area contributed by atoms with Gasteiger partial charge in [-0.25, -0.2) is 9.78 Å². The number of nitrogens with zero attached hydrogens (tertiary/aromatic N) is 2. The van der Waals surface area contributed by atoms with E-state index in [2.05, 4.69) is 4.98 Å². The molecule has 0 radical (unpaired) electrons. The lowest BCUT2D eigenvalue weighted by Gasteiger charge is -2.02. The molecular weight excluding hydrogens is 328 g/mol. The van der Waals surface area contributed by atoms with E-state index < -0.39 is 10.9 Å². The first-order chi connectivity index (χ1) is 11.6. The highest BCUT2D eigenvalue weighted by Gasteiger charge is 2.13. The monoisotopic (exact) mass is 340 g/mol. The first kappa shape index (κ1) is 15.8. The third-order valence-corrected chi connectivity index (χ3v) is 4.16. The lowest BCUT2D eigenvalue weighted by atomic mass is 10.2. The molecule has 0 fully saturated rings. The molecule has 3 aromatic rings. The second-order valence-corrected chi connectivity index (χ2v) is 5.75. The van der Waals surface area contributed by atoms with Crippen LogP contribution in [0.1, 0.15) is 16.1 Å². The van der Waals surface area contributed by atoms with E-state index in [-0.39, 0.29) is 17.9 Å². The Labute approximate surface area is 141 Å². The Morgan fingerprint density at radius 3 is 2.71 bits per heavy atom. The molecule has 2 aromatic carbocycles. The SMILES string of the molecule is O=C(OCc1csc(-c2ccccc2)n1)c1cccc([N+](=O)[O-])c1. The molecule has 120 valence electrons. The van der Waals surface area contributed by atoms with Crippen molar-refractivity contribution in [3.63, 3.8) is 0 Å². The number of non-ortho nitro benzene ring substituents is 1. The predicted molar refractivity (Wildman–Crippen MR) is 89.8 cm³/mol. The molecule has 0 atom stereocenters. The van der Waals surface area contributed by atoms with Gasteiger partial charge in [-0.3, -0.25) is 10.1 Å². The summed E-state index contributed by atoms with van der Waals surface area (Å²) in [6.07, 6.45) is 0. The van der Waals surface area contributed by atoms with E-state index >= 15 is 0 Å². The molecule has 0 aliphatic heterocycles. The van der Waals surface area contributed by atoms with E-state index in [0.717, 1.165) is 10.6 Å². The maximum absolute atomic E-state index is 12.0. The van der Waals surface area contributed by atoms with Gasteiger partial charge in [0.05, 0.1) is 16.2 Å². The summed E-state index contributed by atoms with van der Waals surface area (Å²) in [5.74, 6) is -0.618. The van der Waals surface area contributed by atoms with Crippen LogP contribution in [-0.4, -0.2) is 15.9 Å². The molecular formula is C17H12N2O4S. The summed E-state index contributed by atoms with van der Waals surface area (Å²) in [5, 5.41) is 13.4. The largest absolute Gasteiger partial charge is 0.456 e. The van der Waals surface area contributed by atoms with Gasteiger partial charge in [0.15, 0.2) is 0 Å². The second kappa shape index (κ2) is 7.01. The Morgan fingerprint density at radius 2 is 1.96 bits per heavy atom. The van der Waals surface area contributed by atoms with Crippen LogP contribution in [0.15, 0.2) is 60.0 Å². The lowest BCUT2D eigenvalue weighted by molar-refractivity contribution is -0.384. The van der Waals surface area contributed by atoms with Crippen molar-refractivity contribution in [2.45, 2.75) is 6.61 Å². The maximum atomic E-state index is 12.0.